The van der Waals surface area contributed by atoms with Gasteiger partial charge in [-0.25, -0.2) is 0 Å². The van der Waals surface area contributed by atoms with Gasteiger partial charge in [-0.1, -0.05) is 6.07 Å². The van der Waals surface area contributed by atoms with Gasteiger partial charge in [-0.15, -0.1) is 0 Å². The molecule has 150 valence electrons. The van der Waals surface area contributed by atoms with E-state index < -0.39 is 0 Å². The van der Waals surface area contributed by atoms with Crippen LogP contribution in [0.5, 0.6) is 23.0 Å². The number of carbonyl (C=O) groups is 1. The van der Waals surface area contributed by atoms with Gasteiger partial charge in [0, 0.05) is 25.8 Å². The van der Waals surface area contributed by atoms with Gasteiger partial charge in [0.15, 0.2) is 25.1 Å². The predicted molar refractivity (Wildman–Crippen MR) is 98.7 cm³/mol. The second-order valence-electron chi connectivity index (χ2n) is 5.88. The molecule has 2 aromatic carbocycles. The van der Waals surface area contributed by atoms with Crippen molar-refractivity contribution in [1.82, 2.24) is 0 Å². The molecule has 0 bridgehead atoms. The van der Waals surface area contributed by atoms with Crippen molar-refractivity contribution >= 4 is 5.97 Å². The van der Waals surface area contributed by atoms with Crippen LogP contribution in [0.2, 0.25) is 0 Å². The highest BCUT2D eigenvalue weighted by molar-refractivity contribution is 5.82. The van der Waals surface area contributed by atoms with E-state index in [1.54, 1.807) is 12.1 Å². The summed E-state index contributed by atoms with van der Waals surface area (Å²) in [6, 6.07) is 9.01. The Morgan fingerprint density at radius 2 is 1.71 bits per heavy atom. The maximum absolute atomic E-state index is 12.0. The normalized spacial score (nSPS) is 12.0. The Labute approximate surface area is 162 Å². The molecule has 0 N–H and O–H groups in total. The number of methoxy groups -OCH3 is 3. The molecular weight excluding hydrogens is 368 g/mol. The zero-order valence-corrected chi connectivity index (χ0v) is 16.0. The van der Waals surface area contributed by atoms with E-state index in [-0.39, 0.29) is 32.8 Å². The van der Waals surface area contributed by atoms with Crippen LogP contribution < -0.4 is 18.9 Å². The van der Waals surface area contributed by atoms with E-state index in [2.05, 4.69) is 0 Å². The monoisotopic (exact) mass is 390 g/mol. The molecule has 0 spiro atoms. The van der Waals surface area contributed by atoms with Crippen molar-refractivity contribution in [1.29, 1.82) is 0 Å². The van der Waals surface area contributed by atoms with Gasteiger partial charge in [0.25, 0.3) is 0 Å². The van der Waals surface area contributed by atoms with Crippen molar-refractivity contribution < 1.29 is 38.0 Å². The molecule has 0 aromatic heterocycles. The summed E-state index contributed by atoms with van der Waals surface area (Å²) >= 11 is 0. The molecule has 2 aromatic rings. The quantitative estimate of drug-likeness (QED) is 0.478. The molecule has 1 heterocycles. The van der Waals surface area contributed by atoms with Crippen molar-refractivity contribution in [2.24, 2.45) is 0 Å². The Morgan fingerprint density at radius 3 is 2.46 bits per heavy atom. The fourth-order valence-electron chi connectivity index (χ4n) is 2.84. The third-order valence-electron chi connectivity index (χ3n) is 4.06. The number of benzene rings is 2. The Hall–Kier alpha value is -2.97. The van der Waals surface area contributed by atoms with Crippen LogP contribution in [0.15, 0.2) is 30.3 Å². The SMILES string of the molecule is COCOc1cc(CC(=O)OC)c(-c2ccc3c(c2)OCO3)c(OCOC)c1. The molecule has 1 aliphatic heterocycles. The number of hydrogen-bond acceptors (Lipinski definition) is 8. The van der Waals surface area contributed by atoms with E-state index in [9.17, 15) is 4.79 Å². The minimum atomic E-state index is -0.386. The summed E-state index contributed by atoms with van der Waals surface area (Å²) in [5.41, 5.74) is 2.18. The first-order valence-corrected chi connectivity index (χ1v) is 8.53. The number of ether oxygens (including phenoxy) is 7. The second-order valence-corrected chi connectivity index (χ2v) is 5.88. The molecular formula is C20H22O8. The molecule has 0 radical (unpaired) electrons. The fourth-order valence-corrected chi connectivity index (χ4v) is 2.84. The Bertz CT molecular complexity index is 833. The number of hydrogen-bond donors (Lipinski definition) is 0. The third-order valence-corrected chi connectivity index (χ3v) is 4.06. The Morgan fingerprint density at radius 1 is 0.964 bits per heavy atom. The molecule has 0 saturated heterocycles. The predicted octanol–water partition coefficient (Wildman–Crippen LogP) is 2.76. The zero-order valence-electron chi connectivity index (χ0n) is 16.0. The average molecular weight is 390 g/mol. The van der Waals surface area contributed by atoms with Crippen LogP contribution in [0, 0.1) is 0 Å². The summed E-state index contributed by atoms with van der Waals surface area (Å²) in [7, 11) is 4.40. The first-order chi connectivity index (χ1) is 13.7. The van der Waals surface area contributed by atoms with E-state index in [0.29, 0.717) is 34.1 Å². The molecule has 28 heavy (non-hydrogen) atoms. The van der Waals surface area contributed by atoms with Crippen LogP contribution in [-0.4, -0.2) is 47.7 Å². The summed E-state index contributed by atoms with van der Waals surface area (Å²) in [6.45, 7) is 0.262. The largest absolute Gasteiger partial charge is 0.469 e. The van der Waals surface area contributed by atoms with Crippen molar-refractivity contribution in [2.75, 3.05) is 41.7 Å². The number of esters is 1. The molecule has 0 unspecified atom stereocenters. The number of rotatable bonds is 9. The van der Waals surface area contributed by atoms with Crippen molar-refractivity contribution in [2.45, 2.75) is 6.42 Å². The Balaban J connectivity index is 2.10. The molecule has 0 aliphatic carbocycles. The van der Waals surface area contributed by atoms with Crippen molar-refractivity contribution in [3.63, 3.8) is 0 Å². The van der Waals surface area contributed by atoms with Gasteiger partial charge < -0.3 is 33.2 Å². The zero-order chi connectivity index (χ0) is 19.9. The topological polar surface area (TPSA) is 81.7 Å². The van der Waals surface area contributed by atoms with E-state index in [1.165, 1.54) is 21.3 Å². The lowest BCUT2D eigenvalue weighted by molar-refractivity contribution is -0.139. The summed E-state index contributed by atoms with van der Waals surface area (Å²) in [6.07, 6.45) is 0.0355. The highest BCUT2D eigenvalue weighted by Crippen LogP contribution is 2.42. The number of carbonyl (C=O) groups excluding carboxylic acids is 1. The van der Waals surface area contributed by atoms with Gasteiger partial charge in [-0.2, -0.15) is 0 Å². The lowest BCUT2D eigenvalue weighted by Crippen LogP contribution is -2.09. The van der Waals surface area contributed by atoms with Gasteiger partial charge in [0.1, 0.15) is 11.5 Å². The first-order valence-electron chi connectivity index (χ1n) is 8.53. The van der Waals surface area contributed by atoms with E-state index >= 15 is 0 Å². The summed E-state index contributed by atoms with van der Waals surface area (Å²) < 4.78 is 37.0. The number of fused-ring (bicyclic) bond motifs is 1. The van der Waals surface area contributed by atoms with E-state index in [0.717, 1.165) is 5.56 Å². The van der Waals surface area contributed by atoms with Crippen molar-refractivity contribution in [3.05, 3.63) is 35.9 Å². The molecule has 0 saturated carbocycles. The highest BCUT2D eigenvalue weighted by atomic mass is 16.7. The van der Waals surface area contributed by atoms with Crippen molar-refractivity contribution in [3.8, 4) is 34.1 Å². The summed E-state index contributed by atoms with van der Waals surface area (Å²) in [4.78, 5) is 12.0. The molecule has 1 aliphatic rings. The molecule has 0 amide bonds. The minimum Gasteiger partial charge on any atom is -0.469 e. The van der Waals surface area contributed by atoms with Crippen LogP contribution in [0.3, 0.4) is 0 Å². The lowest BCUT2D eigenvalue weighted by atomic mass is 9.95. The van der Waals surface area contributed by atoms with Crippen LogP contribution in [0.1, 0.15) is 5.56 Å². The maximum Gasteiger partial charge on any atom is 0.310 e. The molecule has 8 heteroatoms. The van der Waals surface area contributed by atoms with E-state index in [1.807, 2.05) is 18.2 Å². The molecule has 3 rings (SSSR count). The smallest absolute Gasteiger partial charge is 0.310 e. The molecule has 8 nitrogen and oxygen atoms in total. The highest BCUT2D eigenvalue weighted by Gasteiger charge is 2.21. The molecule has 0 atom stereocenters. The van der Waals surface area contributed by atoms with Crippen LogP contribution in [0.25, 0.3) is 11.1 Å². The average Bonchev–Trinajstić information content (AvgIpc) is 3.18. The Kier molecular flexibility index (Phi) is 6.57. The summed E-state index contributed by atoms with van der Waals surface area (Å²) in [5, 5.41) is 0. The second kappa shape index (κ2) is 9.29. The maximum atomic E-state index is 12.0. The fraction of sp³-hybridized carbons (Fsp3) is 0.350. The van der Waals surface area contributed by atoms with Crippen LogP contribution in [0.4, 0.5) is 0 Å². The van der Waals surface area contributed by atoms with Gasteiger partial charge >= 0.3 is 5.97 Å². The summed E-state index contributed by atoms with van der Waals surface area (Å²) in [5.74, 6) is 1.89. The van der Waals surface area contributed by atoms with Crippen LogP contribution >= 0.6 is 0 Å². The third kappa shape index (κ3) is 4.47. The standard InChI is InChI=1S/C20H22O8/c1-22-10-25-15-6-14(8-19(21)24-3)20(18(9-15)26-11-23-2)13-4-5-16-17(7-13)28-12-27-16/h4-7,9H,8,10-12H2,1-3H3. The van der Waals surface area contributed by atoms with Gasteiger partial charge in [0.2, 0.25) is 6.79 Å². The van der Waals surface area contributed by atoms with Gasteiger partial charge in [-0.3, -0.25) is 4.79 Å². The van der Waals surface area contributed by atoms with E-state index in [4.69, 9.17) is 33.2 Å². The molecule has 0 fully saturated rings. The minimum absolute atomic E-state index is 0.0307. The van der Waals surface area contributed by atoms with Crippen LogP contribution in [-0.2, 0) is 25.4 Å². The lowest BCUT2D eigenvalue weighted by Gasteiger charge is -2.18. The van der Waals surface area contributed by atoms with Gasteiger partial charge in [-0.05, 0) is 29.3 Å². The van der Waals surface area contributed by atoms with Gasteiger partial charge in [0.05, 0.1) is 13.5 Å². The first kappa shape index (κ1) is 19.8.